The summed E-state index contributed by atoms with van der Waals surface area (Å²) in [6.07, 6.45) is 0.914. The summed E-state index contributed by atoms with van der Waals surface area (Å²) < 4.78 is 5.87. The van der Waals surface area contributed by atoms with Gasteiger partial charge in [-0.25, -0.2) is 4.98 Å². The fourth-order valence-electron chi connectivity index (χ4n) is 1.66. The Hall–Kier alpha value is -1.39. The molecule has 0 saturated carbocycles. The maximum atomic E-state index is 10.3. The second-order valence-electron chi connectivity index (χ2n) is 3.53. The van der Waals surface area contributed by atoms with Crippen molar-refractivity contribution in [2.24, 2.45) is 0 Å². The number of para-hydroxylation sites is 1. The van der Waals surface area contributed by atoms with E-state index in [-0.39, 0.29) is 0 Å². The Kier molecular flexibility index (Phi) is 3.76. The van der Waals surface area contributed by atoms with Crippen LogP contribution in [0.3, 0.4) is 0 Å². The van der Waals surface area contributed by atoms with Crippen molar-refractivity contribution in [3.63, 3.8) is 0 Å². The number of rotatable bonds is 3. The van der Waals surface area contributed by atoms with Crippen molar-refractivity contribution in [1.82, 2.24) is 4.98 Å². The molecule has 0 amide bonds. The Morgan fingerprint density at radius 3 is 2.59 bits per heavy atom. The van der Waals surface area contributed by atoms with Crippen LogP contribution in [-0.2, 0) is 0 Å². The minimum atomic E-state index is -0.755. The first-order valence-corrected chi connectivity index (χ1v) is 5.94. The molecule has 1 heterocycles. The number of nitrogens with zero attached hydrogens (tertiary/aromatic N) is 1. The van der Waals surface area contributed by atoms with Crippen LogP contribution in [-0.4, -0.2) is 17.2 Å². The molecule has 0 aliphatic carbocycles. The van der Waals surface area contributed by atoms with Crippen LogP contribution in [0.2, 0.25) is 0 Å². The maximum Gasteiger partial charge on any atom is 0.125 e. The largest absolute Gasteiger partial charge is 0.496 e. The lowest BCUT2D eigenvalue weighted by atomic mass is 10.0. The van der Waals surface area contributed by atoms with E-state index >= 15 is 0 Å². The topological polar surface area (TPSA) is 42.4 Å². The number of pyridine rings is 1. The highest BCUT2D eigenvalue weighted by Crippen LogP contribution is 2.32. The Morgan fingerprint density at radius 1 is 1.18 bits per heavy atom. The van der Waals surface area contributed by atoms with Crippen LogP contribution in [0.4, 0.5) is 0 Å². The number of benzene rings is 1. The number of hydrogen-bond acceptors (Lipinski definition) is 3. The van der Waals surface area contributed by atoms with Crippen LogP contribution in [0, 0.1) is 0 Å². The van der Waals surface area contributed by atoms with Crippen molar-refractivity contribution in [2.75, 3.05) is 7.11 Å². The number of ether oxygens (including phenoxy) is 1. The van der Waals surface area contributed by atoms with Crippen LogP contribution in [0.15, 0.2) is 47.2 Å². The van der Waals surface area contributed by atoms with Crippen molar-refractivity contribution in [1.29, 1.82) is 0 Å². The van der Waals surface area contributed by atoms with Gasteiger partial charge in [0.2, 0.25) is 0 Å². The lowest BCUT2D eigenvalue weighted by Gasteiger charge is -2.15. The molecule has 1 atom stereocenters. The first-order chi connectivity index (χ1) is 8.24. The normalized spacial score (nSPS) is 12.2. The summed E-state index contributed by atoms with van der Waals surface area (Å²) in [6, 6.07) is 11.0. The molecule has 0 aliphatic heterocycles. The average Bonchev–Trinajstić information content (AvgIpc) is 2.38. The van der Waals surface area contributed by atoms with E-state index in [2.05, 4.69) is 20.9 Å². The van der Waals surface area contributed by atoms with Gasteiger partial charge in [-0.15, -0.1) is 0 Å². The highest BCUT2D eigenvalue weighted by atomic mass is 79.9. The zero-order chi connectivity index (χ0) is 12.3. The molecular weight excluding hydrogens is 282 g/mol. The predicted molar refractivity (Wildman–Crippen MR) is 69.0 cm³/mol. The third-order valence-corrected chi connectivity index (χ3v) is 3.18. The number of aliphatic hydroxyl groups excluding tert-OH is 1. The summed E-state index contributed by atoms with van der Waals surface area (Å²) >= 11 is 3.33. The average molecular weight is 294 g/mol. The van der Waals surface area contributed by atoms with E-state index in [0.717, 1.165) is 11.1 Å². The maximum absolute atomic E-state index is 10.3. The number of aromatic nitrogens is 1. The third-order valence-electron chi connectivity index (χ3n) is 2.52. The van der Waals surface area contributed by atoms with Gasteiger partial charge in [0.1, 0.15) is 16.5 Å². The highest BCUT2D eigenvalue weighted by molar-refractivity contribution is 9.10. The molecule has 0 radical (unpaired) electrons. The van der Waals surface area contributed by atoms with Gasteiger partial charge in [-0.1, -0.05) is 24.3 Å². The van der Waals surface area contributed by atoms with Gasteiger partial charge < -0.3 is 9.84 Å². The van der Waals surface area contributed by atoms with Gasteiger partial charge >= 0.3 is 0 Å². The smallest absolute Gasteiger partial charge is 0.125 e. The molecule has 0 saturated heterocycles. The van der Waals surface area contributed by atoms with Gasteiger partial charge in [0.25, 0.3) is 0 Å². The fourth-order valence-corrected chi connectivity index (χ4v) is 2.13. The van der Waals surface area contributed by atoms with E-state index in [0.29, 0.717) is 10.4 Å². The zero-order valence-corrected chi connectivity index (χ0v) is 10.9. The third kappa shape index (κ3) is 2.48. The minimum absolute atomic E-state index is 0.637. The standard InChI is InChI=1S/C13H12BrNO2/c1-17-11-7-3-2-5-9(11)12(16)10-6-4-8-15-13(10)14/h2-8,12,16H,1H3. The van der Waals surface area contributed by atoms with Crippen molar-refractivity contribution in [2.45, 2.75) is 6.10 Å². The molecule has 1 N–H and O–H groups in total. The highest BCUT2D eigenvalue weighted by Gasteiger charge is 2.17. The lowest BCUT2D eigenvalue weighted by Crippen LogP contribution is -2.03. The van der Waals surface area contributed by atoms with E-state index in [1.807, 2.05) is 30.3 Å². The lowest BCUT2D eigenvalue weighted by molar-refractivity contribution is 0.213. The van der Waals surface area contributed by atoms with Gasteiger partial charge in [-0.05, 0) is 28.1 Å². The van der Waals surface area contributed by atoms with E-state index in [4.69, 9.17) is 4.74 Å². The van der Waals surface area contributed by atoms with Crippen LogP contribution in [0.1, 0.15) is 17.2 Å². The molecule has 1 unspecified atom stereocenters. The Balaban J connectivity index is 2.44. The second-order valence-corrected chi connectivity index (χ2v) is 4.28. The summed E-state index contributed by atoms with van der Waals surface area (Å²) in [5.41, 5.74) is 1.45. The molecule has 0 spiro atoms. The molecule has 0 bridgehead atoms. The van der Waals surface area contributed by atoms with Gasteiger partial charge in [0.15, 0.2) is 0 Å². The van der Waals surface area contributed by atoms with Crippen molar-refractivity contribution in [3.05, 3.63) is 58.3 Å². The molecule has 88 valence electrons. The molecule has 3 nitrogen and oxygen atoms in total. The fraction of sp³-hybridized carbons (Fsp3) is 0.154. The number of aliphatic hydroxyl groups is 1. The van der Waals surface area contributed by atoms with Gasteiger partial charge in [0.05, 0.1) is 7.11 Å². The quantitative estimate of drug-likeness (QED) is 0.885. The molecule has 0 fully saturated rings. The SMILES string of the molecule is COc1ccccc1C(O)c1cccnc1Br. The molecule has 1 aromatic heterocycles. The monoisotopic (exact) mass is 293 g/mol. The van der Waals surface area contributed by atoms with Crippen LogP contribution in [0.25, 0.3) is 0 Å². The molecule has 2 rings (SSSR count). The zero-order valence-electron chi connectivity index (χ0n) is 9.30. The van der Waals surface area contributed by atoms with Gasteiger partial charge in [-0.3, -0.25) is 0 Å². The Morgan fingerprint density at radius 2 is 1.88 bits per heavy atom. The summed E-state index contributed by atoms with van der Waals surface area (Å²) in [6.45, 7) is 0. The van der Waals surface area contributed by atoms with Crippen molar-refractivity contribution < 1.29 is 9.84 Å². The molecule has 4 heteroatoms. The Labute approximate surface area is 108 Å². The number of hydrogen-bond donors (Lipinski definition) is 1. The van der Waals surface area contributed by atoms with Crippen LogP contribution in [0.5, 0.6) is 5.75 Å². The van der Waals surface area contributed by atoms with Crippen molar-refractivity contribution in [3.8, 4) is 5.75 Å². The predicted octanol–water partition coefficient (Wildman–Crippen LogP) is 2.93. The molecular formula is C13H12BrNO2. The van der Waals surface area contributed by atoms with Gasteiger partial charge in [-0.2, -0.15) is 0 Å². The molecule has 17 heavy (non-hydrogen) atoms. The summed E-state index contributed by atoms with van der Waals surface area (Å²) in [5, 5.41) is 10.3. The summed E-state index contributed by atoms with van der Waals surface area (Å²) in [5.74, 6) is 0.663. The number of methoxy groups -OCH3 is 1. The minimum Gasteiger partial charge on any atom is -0.496 e. The molecule has 0 aliphatic rings. The first-order valence-electron chi connectivity index (χ1n) is 5.15. The summed E-state index contributed by atoms with van der Waals surface area (Å²) in [7, 11) is 1.59. The van der Waals surface area contributed by atoms with E-state index < -0.39 is 6.10 Å². The van der Waals surface area contributed by atoms with E-state index in [1.165, 1.54) is 0 Å². The van der Waals surface area contributed by atoms with Crippen molar-refractivity contribution >= 4 is 15.9 Å². The Bertz CT molecular complexity index is 516. The van der Waals surface area contributed by atoms with E-state index in [1.54, 1.807) is 19.4 Å². The van der Waals surface area contributed by atoms with E-state index in [9.17, 15) is 5.11 Å². The number of halogens is 1. The van der Waals surface area contributed by atoms with Crippen LogP contribution >= 0.6 is 15.9 Å². The molecule has 2 aromatic rings. The summed E-state index contributed by atoms with van der Waals surface area (Å²) in [4.78, 5) is 4.10. The van der Waals surface area contributed by atoms with Gasteiger partial charge in [0, 0.05) is 17.3 Å². The first kappa shape index (κ1) is 12.1. The second kappa shape index (κ2) is 5.29. The van der Waals surface area contributed by atoms with Crippen LogP contribution < -0.4 is 4.74 Å². The molecule has 1 aromatic carbocycles.